The molecule has 0 radical (unpaired) electrons. The lowest BCUT2D eigenvalue weighted by molar-refractivity contribution is -0.124. The van der Waals surface area contributed by atoms with Gasteiger partial charge in [-0.3, -0.25) is 19.3 Å². The Morgan fingerprint density at radius 1 is 1.28 bits per heavy atom. The van der Waals surface area contributed by atoms with Crippen LogP contribution in [0.4, 0.5) is 5.69 Å². The molecule has 2 heterocycles. The number of amides is 3. The molecule has 0 bridgehead atoms. The average molecular weight is 366 g/mol. The van der Waals surface area contributed by atoms with Gasteiger partial charge in [0.2, 0.25) is 11.8 Å². The van der Waals surface area contributed by atoms with Gasteiger partial charge >= 0.3 is 0 Å². The second-order valence-electron chi connectivity index (χ2n) is 6.32. The SMILES string of the molecule is COc1ccc(Cl)cc1N1C(=O)CC(N2CCC(C(N)=O)CC2)C1=O. The number of nitrogens with two attached hydrogens (primary N) is 1. The highest BCUT2D eigenvalue weighted by molar-refractivity contribution is 6.31. The minimum Gasteiger partial charge on any atom is -0.495 e. The van der Waals surface area contributed by atoms with Gasteiger partial charge in [0.05, 0.1) is 25.3 Å². The van der Waals surface area contributed by atoms with E-state index in [9.17, 15) is 14.4 Å². The van der Waals surface area contributed by atoms with Crippen molar-refractivity contribution in [1.29, 1.82) is 0 Å². The molecule has 1 atom stereocenters. The van der Waals surface area contributed by atoms with Crippen LogP contribution in [-0.4, -0.2) is 48.9 Å². The quantitative estimate of drug-likeness (QED) is 0.809. The van der Waals surface area contributed by atoms with Crippen LogP contribution in [0.1, 0.15) is 19.3 Å². The smallest absolute Gasteiger partial charge is 0.251 e. The molecule has 1 aromatic carbocycles. The fourth-order valence-corrected chi connectivity index (χ4v) is 3.65. The van der Waals surface area contributed by atoms with Crippen LogP contribution < -0.4 is 15.4 Å². The minimum atomic E-state index is -0.523. The van der Waals surface area contributed by atoms with Crippen molar-refractivity contribution in [1.82, 2.24) is 4.90 Å². The molecule has 1 aromatic rings. The summed E-state index contributed by atoms with van der Waals surface area (Å²) >= 11 is 6.02. The predicted octanol–water partition coefficient (Wildman–Crippen LogP) is 1.18. The molecule has 7 nitrogen and oxygen atoms in total. The number of ether oxygens (including phenoxy) is 1. The number of hydrogen-bond acceptors (Lipinski definition) is 5. The Bertz CT molecular complexity index is 716. The molecule has 1 unspecified atom stereocenters. The number of nitrogens with zero attached hydrogens (tertiary/aromatic N) is 2. The molecule has 0 aromatic heterocycles. The van der Waals surface area contributed by atoms with Crippen molar-refractivity contribution in [3.8, 4) is 5.75 Å². The van der Waals surface area contributed by atoms with Crippen molar-refractivity contribution < 1.29 is 19.1 Å². The first-order valence-corrected chi connectivity index (χ1v) is 8.54. The highest BCUT2D eigenvalue weighted by Crippen LogP contribution is 2.36. The Balaban J connectivity index is 1.80. The largest absolute Gasteiger partial charge is 0.495 e. The second-order valence-corrected chi connectivity index (χ2v) is 6.75. The fourth-order valence-electron chi connectivity index (χ4n) is 3.49. The zero-order valence-electron chi connectivity index (χ0n) is 13.9. The molecule has 2 aliphatic rings. The zero-order valence-corrected chi connectivity index (χ0v) is 14.7. The highest BCUT2D eigenvalue weighted by Gasteiger charge is 2.44. The number of anilines is 1. The molecule has 8 heteroatoms. The third-order valence-electron chi connectivity index (χ3n) is 4.88. The van der Waals surface area contributed by atoms with Crippen molar-refractivity contribution >= 4 is 35.0 Å². The number of primary amides is 1. The summed E-state index contributed by atoms with van der Waals surface area (Å²) in [7, 11) is 1.48. The topological polar surface area (TPSA) is 92.9 Å². The molecule has 25 heavy (non-hydrogen) atoms. The standard InChI is InChI=1S/C17H20ClN3O4/c1-25-14-3-2-11(18)8-12(14)21-15(22)9-13(17(21)24)20-6-4-10(5-7-20)16(19)23/h2-3,8,10,13H,4-7,9H2,1H3,(H2,19,23). The van der Waals surface area contributed by atoms with Gasteiger partial charge in [-0.05, 0) is 44.1 Å². The highest BCUT2D eigenvalue weighted by atomic mass is 35.5. The van der Waals surface area contributed by atoms with Gasteiger partial charge in [0.15, 0.2) is 0 Å². The van der Waals surface area contributed by atoms with Gasteiger partial charge in [0, 0.05) is 10.9 Å². The van der Waals surface area contributed by atoms with Gasteiger partial charge in [-0.1, -0.05) is 11.6 Å². The van der Waals surface area contributed by atoms with Gasteiger partial charge in [-0.15, -0.1) is 0 Å². The van der Waals surface area contributed by atoms with Crippen molar-refractivity contribution in [3.63, 3.8) is 0 Å². The number of methoxy groups -OCH3 is 1. The van der Waals surface area contributed by atoms with Crippen LogP contribution in [0, 0.1) is 5.92 Å². The van der Waals surface area contributed by atoms with E-state index in [1.807, 2.05) is 4.90 Å². The third-order valence-corrected chi connectivity index (χ3v) is 5.11. The van der Waals surface area contributed by atoms with Crippen molar-refractivity contribution in [2.24, 2.45) is 11.7 Å². The lowest BCUT2D eigenvalue weighted by Crippen LogP contribution is -2.47. The molecular formula is C17H20ClN3O4. The van der Waals surface area contributed by atoms with Crippen molar-refractivity contribution in [2.75, 3.05) is 25.1 Å². The zero-order chi connectivity index (χ0) is 18.1. The molecule has 2 fully saturated rings. The summed E-state index contributed by atoms with van der Waals surface area (Å²) in [6.45, 7) is 1.13. The summed E-state index contributed by atoms with van der Waals surface area (Å²) in [6, 6.07) is 4.30. The molecule has 3 amide bonds. The van der Waals surface area contributed by atoms with Gasteiger partial charge in [0.25, 0.3) is 5.91 Å². The monoisotopic (exact) mass is 365 g/mol. The molecule has 134 valence electrons. The van der Waals surface area contributed by atoms with E-state index in [4.69, 9.17) is 22.1 Å². The molecule has 0 aliphatic carbocycles. The Morgan fingerprint density at radius 3 is 2.56 bits per heavy atom. The number of rotatable bonds is 4. The summed E-state index contributed by atoms with van der Waals surface area (Å²) in [5.41, 5.74) is 5.71. The maximum absolute atomic E-state index is 12.9. The number of benzene rings is 1. The van der Waals surface area contributed by atoms with E-state index in [2.05, 4.69) is 0 Å². The molecule has 0 saturated carbocycles. The van der Waals surface area contributed by atoms with E-state index in [0.29, 0.717) is 42.4 Å². The molecule has 2 saturated heterocycles. The van der Waals surface area contributed by atoms with Gasteiger partial charge < -0.3 is 10.5 Å². The number of likely N-dealkylation sites (tertiary alicyclic amines) is 1. The summed E-state index contributed by atoms with van der Waals surface area (Å²) in [4.78, 5) is 39.8. The van der Waals surface area contributed by atoms with Crippen LogP contribution in [0.5, 0.6) is 5.75 Å². The minimum absolute atomic E-state index is 0.107. The normalized spacial score (nSPS) is 22.5. The van der Waals surface area contributed by atoms with E-state index >= 15 is 0 Å². The van der Waals surface area contributed by atoms with E-state index < -0.39 is 6.04 Å². The first-order chi connectivity index (χ1) is 11.9. The number of carbonyl (C=O) groups is 3. The maximum atomic E-state index is 12.9. The fraction of sp³-hybridized carbons (Fsp3) is 0.471. The Labute approximate surface area is 150 Å². The lowest BCUT2D eigenvalue weighted by Gasteiger charge is -2.33. The molecule has 0 spiro atoms. The third kappa shape index (κ3) is 3.34. The maximum Gasteiger partial charge on any atom is 0.251 e. The van der Waals surface area contributed by atoms with Crippen molar-refractivity contribution in [3.05, 3.63) is 23.2 Å². The summed E-state index contributed by atoms with van der Waals surface area (Å²) in [5, 5.41) is 0.419. The Kier molecular flexibility index (Phi) is 4.96. The van der Waals surface area contributed by atoms with Crippen LogP contribution in [0.2, 0.25) is 5.02 Å². The number of hydrogen-bond donors (Lipinski definition) is 1. The predicted molar refractivity (Wildman–Crippen MR) is 92.4 cm³/mol. The number of piperidine rings is 1. The molecule has 3 rings (SSSR count). The first kappa shape index (κ1) is 17.7. The summed E-state index contributed by atoms with van der Waals surface area (Å²) < 4.78 is 5.26. The van der Waals surface area contributed by atoms with Gasteiger partial charge in [-0.2, -0.15) is 0 Å². The van der Waals surface area contributed by atoms with Crippen LogP contribution in [0.15, 0.2) is 18.2 Å². The number of halogens is 1. The van der Waals surface area contributed by atoms with E-state index in [0.717, 1.165) is 4.90 Å². The Hall–Kier alpha value is -2.12. The van der Waals surface area contributed by atoms with Crippen LogP contribution in [-0.2, 0) is 14.4 Å². The van der Waals surface area contributed by atoms with Gasteiger partial charge in [0.1, 0.15) is 5.75 Å². The first-order valence-electron chi connectivity index (χ1n) is 8.16. The Morgan fingerprint density at radius 2 is 1.96 bits per heavy atom. The number of carbonyl (C=O) groups excluding carboxylic acids is 3. The molecule has 2 aliphatic heterocycles. The van der Waals surface area contributed by atoms with Crippen molar-refractivity contribution in [2.45, 2.75) is 25.3 Å². The van der Waals surface area contributed by atoms with Gasteiger partial charge in [-0.25, -0.2) is 4.90 Å². The average Bonchev–Trinajstić information content (AvgIpc) is 2.89. The second kappa shape index (κ2) is 7.01. The van der Waals surface area contributed by atoms with Crippen LogP contribution in [0.3, 0.4) is 0 Å². The van der Waals surface area contributed by atoms with Crippen LogP contribution >= 0.6 is 11.6 Å². The molecule has 2 N–H and O–H groups in total. The molecular weight excluding hydrogens is 346 g/mol. The van der Waals surface area contributed by atoms with E-state index in [1.54, 1.807) is 18.2 Å². The lowest BCUT2D eigenvalue weighted by atomic mass is 9.95. The van der Waals surface area contributed by atoms with E-state index in [-0.39, 0.29) is 30.1 Å². The number of imide groups is 1. The summed E-state index contributed by atoms with van der Waals surface area (Å²) in [6.07, 6.45) is 1.32. The van der Waals surface area contributed by atoms with Crippen LogP contribution in [0.25, 0.3) is 0 Å². The summed E-state index contributed by atoms with van der Waals surface area (Å²) in [5.74, 6) is -0.624. The van der Waals surface area contributed by atoms with E-state index in [1.165, 1.54) is 7.11 Å².